The quantitative estimate of drug-likeness (QED) is 0.869. The topological polar surface area (TPSA) is 114 Å². The van der Waals surface area contributed by atoms with Crippen LogP contribution in [0.5, 0.6) is 0 Å². The monoisotopic (exact) mass is 310 g/mol. The van der Waals surface area contributed by atoms with E-state index in [2.05, 4.69) is 27.0 Å². The molecule has 1 aromatic carbocycles. The Morgan fingerprint density at radius 1 is 1.22 bits per heavy atom. The molecule has 1 aliphatic heterocycles. The first-order valence-electron chi connectivity index (χ1n) is 7.40. The number of nitrogens with two attached hydrogens (primary N) is 2. The number of aromatic nitrogens is 2. The first-order valence-corrected chi connectivity index (χ1v) is 7.40. The van der Waals surface area contributed by atoms with E-state index in [4.69, 9.17) is 16.2 Å². The van der Waals surface area contributed by atoms with Gasteiger partial charge in [-0.1, -0.05) is 18.2 Å². The number of hydrogen-bond acceptors (Lipinski definition) is 7. The van der Waals surface area contributed by atoms with Crippen molar-refractivity contribution in [1.82, 2.24) is 14.9 Å². The highest BCUT2D eigenvalue weighted by atomic mass is 16.5. The molecule has 2 aromatic rings. The summed E-state index contributed by atoms with van der Waals surface area (Å²) < 4.78 is 5.36. The van der Waals surface area contributed by atoms with Gasteiger partial charge < -0.3 is 16.2 Å². The summed E-state index contributed by atoms with van der Waals surface area (Å²) in [5, 5.41) is 9.31. The van der Waals surface area contributed by atoms with Gasteiger partial charge in [0.2, 0.25) is 5.95 Å². The van der Waals surface area contributed by atoms with Crippen LogP contribution in [0.3, 0.4) is 0 Å². The molecule has 0 amide bonds. The van der Waals surface area contributed by atoms with Crippen molar-refractivity contribution in [2.24, 2.45) is 0 Å². The van der Waals surface area contributed by atoms with Crippen LogP contribution in [0.15, 0.2) is 24.3 Å². The van der Waals surface area contributed by atoms with Crippen LogP contribution in [0.25, 0.3) is 11.3 Å². The van der Waals surface area contributed by atoms with E-state index in [9.17, 15) is 5.26 Å². The Labute approximate surface area is 134 Å². The summed E-state index contributed by atoms with van der Waals surface area (Å²) in [6, 6.07) is 9.96. The normalized spacial score (nSPS) is 15.3. The van der Waals surface area contributed by atoms with Crippen molar-refractivity contribution in [2.75, 3.05) is 37.8 Å². The van der Waals surface area contributed by atoms with Crippen LogP contribution in [0.4, 0.5) is 11.8 Å². The molecule has 1 fully saturated rings. The van der Waals surface area contributed by atoms with Gasteiger partial charge in [0.05, 0.1) is 18.9 Å². The largest absolute Gasteiger partial charge is 0.382 e. The molecule has 0 unspecified atom stereocenters. The number of anilines is 2. The maximum absolute atomic E-state index is 9.31. The Kier molecular flexibility index (Phi) is 4.37. The number of rotatable bonds is 3. The third kappa shape index (κ3) is 3.39. The van der Waals surface area contributed by atoms with Gasteiger partial charge in [0.15, 0.2) is 0 Å². The highest BCUT2D eigenvalue weighted by Gasteiger charge is 2.15. The van der Waals surface area contributed by atoms with Crippen LogP contribution in [0, 0.1) is 11.3 Å². The maximum atomic E-state index is 9.31. The van der Waals surface area contributed by atoms with Crippen molar-refractivity contribution in [1.29, 1.82) is 5.26 Å². The Morgan fingerprint density at radius 2 is 2.00 bits per heavy atom. The number of morpholine rings is 1. The van der Waals surface area contributed by atoms with Gasteiger partial charge >= 0.3 is 0 Å². The van der Waals surface area contributed by atoms with Crippen molar-refractivity contribution in [2.45, 2.75) is 6.54 Å². The van der Waals surface area contributed by atoms with Gasteiger partial charge in [0.1, 0.15) is 17.5 Å². The van der Waals surface area contributed by atoms with Crippen LogP contribution in [-0.4, -0.2) is 41.2 Å². The summed E-state index contributed by atoms with van der Waals surface area (Å²) in [5.41, 5.74) is 14.1. The number of benzene rings is 1. The zero-order valence-electron chi connectivity index (χ0n) is 12.7. The van der Waals surface area contributed by atoms with Gasteiger partial charge in [-0.25, -0.2) is 4.98 Å². The predicted molar refractivity (Wildman–Crippen MR) is 87.1 cm³/mol. The molecule has 23 heavy (non-hydrogen) atoms. The summed E-state index contributed by atoms with van der Waals surface area (Å²) in [7, 11) is 0. The highest BCUT2D eigenvalue weighted by Crippen LogP contribution is 2.26. The molecule has 1 saturated heterocycles. The zero-order valence-corrected chi connectivity index (χ0v) is 12.7. The van der Waals surface area contributed by atoms with Crippen LogP contribution in [0.1, 0.15) is 11.1 Å². The fourth-order valence-electron chi connectivity index (χ4n) is 2.65. The third-order valence-corrected chi connectivity index (χ3v) is 3.78. The lowest BCUT2D eigenvalue weighted by Crippen LogP contribution is -2.35. The summed E-state index contributed by atoms with van der Waals surface area (Å²) in [4.78, 5) is 10.4. The molecule has 0 saturated carbocycles. The van der Waals surface area contributed by atoms with E-state index in [1.54, 1.807) is 0 Å². The van der Waals surface area contributed by atoms with Crippen LogP contribution < -0.4 is 11.5 Å². The minimum absolute atomic E-state index is 0.0649. The number of nitrogens with zero attached hydrogens (tertiary/aromatic N) is 4. The van der Waals surface area contributed by atoms with Crippen LogP contribution >= 0.6 is 0 Å². The first kappa shape index (κ1) is 15.2. The van der Waals surface area contributed by atoms with Gasteiger partial charge in [-0.2, -0.15) is 10.2 Å². The Balaban J connectivity index is 1.92. The van der Waals surface area contributed by atoms with E-state index in [0.717, 1.165) is 44.0 Å². The number of ether oxygens (including phenoxy) is 1. The standard InChI is InChI=1S/C16H18N6O/c17-9-13-14(20-16(19)21-15(13)18)12-3-1-2-11(8-12)10-22-4-6-23-7-5-22/h1-3,8H,4-7,10H2,(H4,18,19,20,21). The number of hydrogen-bond donors (Lipinski definition) is 2. The van der Waals surface area contributed by atoms with Crippen LogP contribution in [-0.2, 0) is 11.3 Å². The van der Waals surface area contributed by atoms with E-state index >= 15 is 0 Å². The molecular formula is C16H18N6O. The van der Waals surface area contributed by atoms with E-state index in [1.165, 1.54) is 0 Å². The van der Waals surface area contributed by atoms with Crippen molar-refractivity contribution in [3.05, 3.63) is 35.4 Å². The zero-order chi connectivity index (χ0) is 16.2. The molecule has 1 aliphatic rings. The molecule has 0 radical (unpaired) electrons. The lowest BCUT2D eigenvalue weighted by atomic mass is 10.0. The predicted octanol–water partition coefficient (Wildman–Crippen LogP) is 1.01. The van der Waals surface area contributed by atoms with E-state index < -0.39 is 0 Å². The van der Waals surface area contributed by atoms with Gasteiger partial charge in [-0.05, 0) is 11.6 Å². The number of nitriles is 1. The molecule has 2 heterocycles. The highest BCUT2D eigenvalue weighted by molar-refractivity contribution is 5.73. The summed E-state index contributed by atoms with van der Waals surface area (Å²) >= 11 is 0. The van der Waals surface area contributed by atoms with Crippen molar-refractivity contribution >= 4 is 11.8 Å². The minimum atomic E-state index is 0.0649. The van der Waals surface area contributed by atoms with Gasteiger partial charge in [0, 0.05) is 25.2 Å². The van der Waals surface area contributed by atoms with E-state index in [0.29, 0.717) is 5.69 Å². The fourth-order valence-corrected chi connectivity index (χ4v) is 2.65. The Bertz CT molecular complexity index is 749. The second kappa shape index (κ2) is 6.60. The molecule has 0 bridgehead atoms. The molecule has 7 heteroatoms. The van der Waals surface area contributed by atoms with Crippen LogP contribution in [0.2, 0.25) is 0 Å². The fraction of sp³-hybridized carbons (Fsp3) is 0.312. The summed E-state index contributed by atoms with van der Waals surface area (Å²) in [5.74, 6) is 0.170. The Hall–Kier alpha value is -2.69. The second-order valence-corrected chi connectivity index (χ2v) is 5.39. The molecule has 4 N–H and O–H groups in total. The summed E-state index contributed by atoms with van der Waals surface area (Å²) in [6.45, 7) is 4.19. The molecular weight excluding hydrogens is 292 g/mol. The maximum Gasteiger partial charge on any atom is 0.222 e. The molecule has 0 atom stereocenters. The lowest BCUT2D eigenvalue weighted by molar-refractivity contribution is 0.0342. The minimum Gasteiger partial charge on any atom is -0.382 e. The van der Waals surface area contributed by atoms with Gasteiger partial charge in [-0.3, -0.25) is 4.90 Å². The van der Waals surface area contributed by atoms with Crippen molar-refractivity contribution in [3.8, 4) is 17.3 Å². The number of nitrogen functional groups attached to an aromatic ring is 2. The Morgan fingerprint density at radius 3 is 2.74 bits per heavy atom. The SMILES string of the molecule is N#Cc1c(N)nc(N)nc1-c1cccc(CN2CCOCC2)c1. The smallest absolute Gasteiger partial charge is 0.222 e. The van der Waals surface area contributed by atoms with E-state index in [1.807, 2.05) is 18.2 Å². The molecule has 1 aromatic heterocycles. The summed E-state index contributed by atoms with van der Waals surface area (Å²) in [6.07, 6.45) is 0. The third-order valence-electron chi connectivity index (χ3n) is 3.78. The average molecular weight is 310 g/mol. The van der Waals surface area contributed by atoms with Crippen molar-refractivity contribution < 1.29 is 4.74 Å². The second-order valence-electron chi connectivity index (χ2n) is 5.39. The molecule has 3 rings (SSSR count). The molecule has 7 nitrogen and oxygen atoms in total. The average Bonchev–Trinajstić information content (AvgIpc) is 2.55. The van der Waals surface area contributed by atoms with E-state index in [-0.39, 0.29) is 17.3 Å². The molecule has 0 spiro atoms. The molecule has 118 valence electrons. The molecule has 0 aliphatic carbocycles. The van der Waals surface area contributed by atoms with Gasteiger partial charge in [0.25, 0.3) is 0 Å². The van der Waals surface area contributed by atoms with Gasteiger partial charge in [-0.15, -0.1) is 0 Å². The lowest BCUT2D eigenvalue weighted by Gasteiger charge is -2.26. The first-order chi connectivity index (χ1) is 11.2. The van der Waals surface area contributed by atoms with Crippen molar-refractivity contribution in [3.63, 3.8) is 0 Å².